The molecule has 0 saturated carbocycles. The Morgan fingerprint density at radius 2 is 2.03 bits per heavy atom. The highest BCUT2D eigenvalue weighted by Gasteiger charge is 2.25. The minimum absolute atomic E-state index is 0.01000. The van der Waals surface area contributed by atoms with E-state index < -0.39 is 11.2 Å². The Morgan fingerprint density at radius 3 is 2.71 bits per heavy atom. The molecular weight excluding hydrogens is 452 g/mol. The third kappa shape index (κ3) is 5.44. The molecule has 0 bridgehead atoms. The molecule has 9 nitrogen and oxygen atoms in total. The topological polar surface area (TPSA) is 119 Å². The molecule has 2 heterocycles. The lowest BCUT2D eigenvalue weighted by molar-refractivity contribution is -0.116. The third-order valence-electron chi connectivity index (χ3n) is 5.32. The second-order valence-corrected chi connectivity index (χ2v) is 9.41. The summed E-state index contributed by atoms with van der Waals surface area (Å²) in [7, 11) is 0. The largest absolute Gasteiger partial charge is 0.383 e. The highest BCUT2D eigenvalue weighted by molar-refractivity contribution is 7.99. The Labute approximate surface area is 202 Å². The molecule has 0 unspecified atom stereocenters. The van der Waals surface area contributed by atoms with E-state index in [-0.39, 0.29) is 29.1 Å². The highest BCUT2D eigenvalue weighted by Crippen LogP contribution is 2.26. The predicted molar refractivity (Wildman–Crippen MR) is 138 cm³/mol. The number of allylic oxidation sites excluding steroid dienone is 1. The first-order valence-electron chi connectivity index (χ1n) is 11.4. The van der Waals surface area contributed by atoms with Gasteiger partial charge in [-0.2, -0.15) is 0 Å². The molecule has 182 valence electrons. The molecule has 0 radical (unpaired) electrons. The zero-order valence-corrected chi connectivity index (χ0v) is 20.7. The lowest BCUT2D eigenvalue weighted by atomic mass is 10.2. The molecule has 0 fully saturated rings. The standard InChI is InChI=1S/C24H32N6O3S/c1-5-7-13-29(20-21(25)30(14-16(3)4)23(33)27-22(20)32)19(31)15-34-24-26-17-10-8-9-11-18(17)28(24)12-6-2/h6,8-11,16H,2,5,7,12-15,25H2,1,3-4H3,(H,27,32,33). The van der Waals surface area contributed by atoms with Crippen molar-refractivity contribution in [1.82, 2.24) is 19.1 Å². The number of anilines is 2. The second kappa shape index (κ2) is 11.2. The van der Waals surface area contributed by atoms with E-state index in [0.717, 1.165) is 17.5 Å². The lowest BCUT2D eigenvalue weighted by Crippen LogP contribution is -2.42. The van der Waals surface area contributed by atoms with Gasteiger partial charge in [0.05, 0.1) is 16.8 Å². The number of hydrogen-bond donors (Lipinski definition) is 2. The minimum atomic E-state index is -0.657. The summed E-state index contributed by atoms with van der Waals surface area (Å²) in [4.78, 5) is 46.9. The summed E-state index contributed by atoms with van der Waals surface area (Å²) in [6.45, 7) is 10.9. The van der Waals surface area contributed by atoms with Gasteiger partial charge < -0.3 is 15.2 Å². The van der Waals surface area contributed by atoms with Crippen LogP contribution in [0.25, 0.3) is 11.0 Å². The SMILES string of the molecule is C=CCn1c(SCC(=O)N(CCCC)c2c(N)n(CC(C)C)c(=O)[nH]c2=O)nc2ccccc21. The summed E-state index contributed by atoms with van der Waals surface area (Å²) in [5, 5.41) is 0.691. The maximum Gasteiger partial charge on any atom is 0.330 e. The van der Waals surface area contributed by atoms with Gasteiger partial charge in [-0.05, 0) is 24.5 Å². The van der Waals surface area contributed by atoms with Crippen LogP contribution in [0.5, 0.6) is 0 Å². The van der Waals surface area contributed by atoms with E-state index >= 15 is 0 Å². The summed E-state index contributed by atoms with van der Waals surface area (Å²) in [6, 6.07) is 7.76. The molecule has 1 amide bonds. The van der Waals surface area contributed by atoms with Gasteiger partial charge in [0.25, 0.3) is 5.56 Å². The van der Waals surface area contributed by atoms with Crippen molar-refractivity contribution in [2.45, 2.75) is 51.9 Å². The molecule has 0 aliphatic carbocycles. The number of rotatable bonds is 11. The maximum absolute atomic E-state index is 13.4. The van der Waals surface area contributed by atoms with E-state index in [4.69, 9.17) is 5.73 Å². The summed E-state index contributed by atoms with van der Waals surface area (Å²) in [5.74, 6) is -0.0721. The van der Waals surface area contributed by atoms with Gasteiger partial charge in [-0.1, -0.05) is 57.2 Å². The Balaban J connectivity index is 1.94. The van der Waals surface area contributed by atoms with Crippen molar-refractivity contribution in [1.29, 1.82) is 0 Å². The number of unbranched alkanes of at least 4 members (excludes halogenated alkanes) is 1. The fourth-order valence-electron chi connectivity index (χ4n) is 3.74. The van der Waals surface area contributed by atoms with Gasteiger partial charge in [0.15, 0.2) is 10.8 Å². The van der Waals surface area contributed by atoms with Crippen molar-refractivity contribution in [3.63, 3.8) is 0 Å². The van der Waals surface area contributed by atoms with Crippen molar-refractivity contribution < 1.29 is 4.79 Å². The molecule has 3 aromatic rings. The van der Waals surface area contributed by atoms with Gasteiger partial charge in [0.1, 0.15) is 5.82 Å². The van der Waals surface area contributed by atoms with E-state index in [9.17, 15) is 14.4 Å². The van der Waals surface area contributed by atoms with Gasteiger partial charge in [0.2, 0.25) is 5.91 Å². The molecule has 0 saturated heterocycles. The van der Waals surface area contributed by atoms with Crippen LogP contribution < -0.4 is 21.9 Å². The van der Waals surface area contributed by atoms with Crippen LogP contribution in [0.15, 0.2) is 51.7 Å². The van der Waals surface area contributed by atoms with E-state index in [1.807, 2.05) is 49.6 Å². The van der Waals surface area contributed by atoms with Crippen molar-refractivity contribution >= 4 is 40.2 Å². The number of amides is 1. The number of para-hydroxylation sites is 2. The van der Waals surface area contributed by atoms with Gasteiger partial charge in [-0.25, -0.2) is 9.78 Å². The number of imidazole rings is 1. The third-order valence-corrected chi connectivity index (χ3v) is 6.29. The molecule has 34 heavy (non-hydrogen) atoms. The van der Waals surface area contributed by atoms with Crippen LogP contribution in [0.4, 0.5) is 11.5 Å². The van der Waals surface area contributed by atoms with E-state index in [1.54, 1.807) is 6.08 Å². The number of H-pyrrole nitrogens is 1. The normalized spacial score (nSPS) is 11.3. The first-order chi connectivity index (χ1) is 16.3. The fraction of sp³-hybridized carbons (Fsp3) is 0.417. The molecule has 0 spiro atoms. The van der Waals surface area contributed by atoms with E-state index in [1.165, 1.54) is 21.2 Å². The van der Waals surface area contributed by atoms with Crippen LogP contribution in [-0.2, 0) is 17.9 Å². The Hall–Kier alpha value is -3.27. The summed E-state index contributed by atoms with van der Waals surface area (Å²) in [5.41, 5.74) is 6.87. The molecule has 3 N–H and O–H groups in total. The average molecular weight is 485 g/mol. The van der Waals surface area contributed by atoms with Crippen molar-refractivity contribution in [3.05, 3.63) is 57.8 Å². The van der Waals surface area contributed by atoms with Gasteiger partial charge in [-0.15, -0.1) is 6.58 Å². The molecule has 3 rings (SSSR count). The molecule has 1 aromatic carbocycles. The number of hydrogen-bond acceptors (Lipinski definition) is 6. The lowest BCUT2D eigenvalue weighted by Gasteiger charge is -2.24. The number of nitrogens with one attached hydrogen (secondary N) is 1. The van der Waals surface area contributed by atoms with Gasteiger partial charge in [0, 0.05) is 19.6 Å². The molecule has 0 aliphatic heterocycles. The quantitative estimate of drug-likeness (QED) is 0.319. The predicted octanol–water partition coefficient (Wildman–Crippen LogP) is 3.24. The first kappa shape index (κ1) is 25.4. The van der Waals surface area contributed by atoms with Crippen LogP contribution >= 0.6 is 11.8 Å². The van der Waals surface area contributed by atoms with Crippen LogP contribution in [0.1, 0.15) is 33.6 Å². The fourth-order valence-corrected chi connectivity index (χ4v) is 4.64. The van der Waals surface area contributed by atoms with Crippen LogP contribution in [0, 0.1) is 5.92 Å². The number of aromatic nitrogens is 4. The zero-order chi connectivity index (χ0) is 24.8. The Bertz CT molecular complexity index is 1290. The number of thioether (sulfide) groups is 1. The van der Waals surface area contributed by atoms with Crippen molar-refractivity contribution in [2.75, 3.05) is 22.9 Å². The summed E-state index contributed by atoms with van der Waals surface area (Å²) in [6.07, 6.45) is 3.30. The van der Waals surface area contributed by atoms with Crippen molar-refractivity contribution in [2.24, 2.45) is 5.92 Å². The van der Waals surface area contributed by atoms with Gasteiger partial charge >= 0.3 is 5.69 Å². The van der Waals surface area contributed by atoms with Gasteiger partial charge in [-0.3, -0.25) is 19.1 Å². The number of benzene rings is 1. The number of carbonyl (C=O) groups excluding carboxylic acids is 1. The van der Waals surface area contributed by atoms with Crippen molar-refractivity contribution in [3.8, 4) is 0 Å². The molecule has 10 heteroatoms. The Kier molecular flexibility index (Phi) is 8.38. The summed E-state index contributed by atoms with van der Waals surface area (Å²) < 4.78 is 3.32. The van der Waals surface area contributed by atoms with Crippen LogP contribution in [-0.4, -0.2) is 37.3 Å². The minimum Gasteiger partial charge on any atom is -0.383 e. The number of nitrogen functional groups attached to an aromatic ring is 1. The number of nitrogens with two attached hydrogens (primary N) is 1. The summed E-state index contributed by atoms with van der Waals surface area (Å²) >= 11 is 1.30. The highest BCUT2D eigenvalue weighted by atomic mass is 32.2. The van der Waals surface area contributed by atoms with E-state index in [0.29, 0.717) is 31.2 Å². The Morgan fingerprint density at radius 1 is 1.29 bits per heavy atom. The number of carbonyl (C=O) groups is 1. The second-order valence-electron chi connectivity index (χ2n) is 8.47. The first-order valence-corrected chi connectivity index (χ1v) is 12.4. The van der Waals surface area contributed by atoms with Crippen LogP contribution in [0.2, 0.25) is 0 Å². The molecular formula is C24H32N6O3S. The number of fused-ring (bicyclic) bond motifs is 1. The maximum atomic E-state index is 13.4. The molecule has 0 aliphatic rings. The van der Waals surface area contributed by atoms with E-state index in [2.05, 4.69) is 16.5 Å². The molecule has 2 aromatic heterocycles. The number of aromatic amines is 1. The molecule has 0 atom stereocenters. The monoisotopic (exact) mass is 484 g/mol. The average Bonchev–Trinajstić information content (AvgIpc) is 3.14. The smallest absolute Gasteiger partial charge is 0.330 e. The van der Waals surface area contributed by atoms with Crippen LogP contribution in [0.3, 0.4) is 0 Å². The number of nitrogens with zero attached hydrogens (tertiary/aromatic N) is 4. The zero-order valence-electron chi connectivity index (χ0n) is 19.9.